The lowest BCUT2D eigenvalue weighted by molar-refractivity contribution is 0.327. The summed E-state index contributed by atoms with van der Waals surface area (Å²) >= 11 is 0. The smallest absolute Gasteiger partial charge is 0.225 e. The Labute approximate surface area is 867 Å². The van der Waals surface area contributed by atoms with Crippen LogP contribution in [0.3, 0.4) is 0 Å². The van der Waals surface area contributed by atoms with Gasteiger partial charge in [0.25, 0.3) is 0 Å². The number of nitrogens with one attached hydrogen (secondary N) is 18. The average Bonchev–Trinajstić information content (AvgIpc) is 1.20. The van der Waals surface area contributed by atoms with Crippen molar-refractivity contribution in [3.8, 4) is 0 Å². The lowest BCUT2D eigenvalue weighted by Crippen LogP contribution is -2.35. The van der Waals surface area contributed by atoms with E-state index >= 15 is 0 Å². The molecule has 38 heteroatoms. The number of hydrogen-bond acceptors (Lipinski definition) is 36. The minimum atomic E-state index is 0.414. The van der Waals surface area contributed by atoms with E-state index in [9.17, 15) is 0 Å². The maximum atomic E-state index is 5.67. The Bertz CT molecular complexity index is 5050. The number of anilines is 8. The van der Waals surface area contributed by atoms with Gasteiger partial charge in [-0.15, -0.1) is 15.3 Å². The summed E-state index contributed by atoms with van der Waals surface area (Å²) in [5, 5.41) is 94.6. The van der Waals surface area contributed by atoms with Crippen LogP contribution in [0, 0.1) is 19.8 Å². The van der Waals surface area contributed by atoms with Crippen molar-refractivity contribution in [1.29, 1.82) is 0 Å². The Balaban J connectivity index is 0.000000146. The van der Waals surface area contributed by atoms with Crippen molar-refractivity contribution in [1.82, 2.24) is 144 Å². The number of benzene rings is 2. The molecule has 8 fully saturated rings. The molecule has 0 unspecified atom stereocenters. The van der Waals surface area contributed by atoms with Crippen molar-refractivity contribution in [2.45, 2.75) is 372 Å². The Hall–Kier alpha value is -10.2. The van der Waals surface area contributed by atoms with Gasteiger partial charge in [0, 0.05) is 102 Å². The van der Waals surface area contributed by atoms with Crippen molar-refractivity contribution in [3.05, 3.63) is 119 Å². The van der Waals surface area contributed by atoms with Crippen LogP contribution < -0.4 is 95.7 Å². The van der Waals surface area contributed by atoms with E-state index in [1.807, 2.05) is 73.1 Å². The predicted octanol–water partition coefficient (Wildman–Crippen LogP) is 15.2. The zero-order valence-corrected chi connectivity index (χ0v) is 88.1. The molecule has 0 bridgehead atoms. The molecule has 0 spiro atoms. The molecule has 4 aliphatic heterocycles. The number of piperidine rings is 4. The Kier molecular flexibility index (Phi) is 48.4. The number of oxazole rings is 1. The van der Waals surface area contributed by atoms with E-state index in [-0.39, 0.29) is 0 Å². The first-order valence-electron chi connectivity index (χ1n) is 57.0. The van der Waals surface area contributed by atoms with Crippen LogP contribution in [-0.4, -0.2) is 244 Å². The lowest BCUT2D eigenvalue weighted by atomic mass is 9.85. The van der Waals surface area contributed by atoms with E-state index in [1.54, 1.807) is 11.1 Å². The highest BCUT2D eigenvalue weighted by Crippen LogP contribution is 2.31. The predicted molar refractivity (Wildman–Crippen MR) is 586 cm³/mol. The number of unbranched alkanes of at least 4 members (excludes halogenated alkanes) is 5. The summed E-state index contributed by atoms with van der Waals surface area (Å²) in [5.74, 6) is 10.1. The molecule has 4 aliphatic carbocycles. The van der Waals surface area contributed by atoms with Gasteiger partial charge in [-0.25, -0.2) is 29.6 Å². The Morgan fingerprint density at radius 1 is 0.363 bits per heavy atom. The second-order valence-corrected chi connectivity index (χ2v) is 41.6. The summed E-state index contributed by atoms with van der Waals surface area (Å²) in [4.78, 5) is 43.7. The minimum absolute atomic E-state index is 0.414. The van der Waals surface area contributed by atoms with Crippen molar-refractivity contribution in [2.75, 3.05) is 154 Å². The van der Waals surface area contributed by atoms with Gasteiger partial charge in [0.2, 0.25) is 23.8 Å². The fourth-order valence-electron chi connectivity index (χ4n) is 21.2. The van der Waals surface area contributed by atoms with Gasteiger partial charge in [-0.05, 0) is 306 Å². The van der Waals surface area contributed by atoms with Gasteiger partial charge in [-0.1, -0.05) is 158 Å². The standard InChI is InChI=1S/C29H45N9.C27H43N11.2C26H44N8O/c1(3-6-12-23-13-7-5-8-14-23)2-4-11-21-38-27(35-36-37-38)22-31-29-33-26-16-10-9-15-25(26)28(34-29)32-24-17-19-30-20-18-24;1-2-8-21(9-3-1)30-16-6-14-28-15-7-19-38-36-25(35-37-38)20-31-27-33-24-11-5-4-10-23(24)26(34-27)32-22-12-17-29-18-13-22;1-20-17-24(32-22-10-15-28-16-11-22)34-26(31-20)30-18-23-19-35-25(33-23)9-5-12-27-13-6-14-29-21-7-3-2-4-8-21;1-20-17-25(32-22-10-15-28-16-11-22)33-26(31-20)30-19-23-18-24(35-34-23)9-5-12-27-13-6-14-29-21-7-3-2-4-8-21/h9-10,15-16,23-24,30H,1-8,11-14,17-22H2,(H2,31,32,33,34);4-5,10-11,21-22,28-30H,1-3,6-9,12-20H2,(H2,31,32,33,34);17,19,21-22,27-29H,2-16,18H2,1H3,(H2,30,31,32,34);17-18,21-22,27-29H,2-16,19H2,1H3,(H2,30,31,32,33). The Morgan fingerprint density at radius 3 is 1.34 bits per heavy atom. The molecule has 0 amide bonds. The van der Waals surface area contributed by atoms with Crippen LogP contribution in [0.15, 0.2) is 81.9 Å². The van der Waals surface area contributed by atoms with E-state index in [1.165, 1.54) is 186 Å². The van der Waals surface area contributed by atoms with Crippen LogP contribution in [0.5, 0.6) is 0 Å². The summed E-state index contributed by atoms with van der Waals surface area (Å²) in [6, 6.07) is 26.4. The van der Waals surface area contributed by atoms with Crippen molar-refractivity contribution in [3.63, 3.8) is 0 Å². The van der Waals surface area contributed by atoms with Crippen molar-refractivity contribution >= 4 is 68.9 Å². The number of aromatic nitrogens is 18. The molecule has 18 N–H and O–H groups in total. The number of hydrogen-bond donors (Lipinski definition) is 18. The third kappa shape index (κ3) is 40.7. The highest BCUT2D eigenvalue weighted by molar-refractivity contribution is 5.91. The molecule has 10 aromatic rings. The molecule has 4 saturated heterocycles. The first-order valence-corrected chi connectivity index (χ1v) is 57.0. The molecule has 12 heterocycles. The number of fused-ring (bicyclic) bond motifs is 2. The number of para-hydroxylation sites is 2. The maximum Gasteiger partial charge on any atom is 0.225 e. The van der Waals surface area contributed by atoms with Gasteiger partial charge in [-0.3, -0.25) is 0 Å². The van der Waals surface area contributed by atoms with Crippen molar-refractivity contribution in [2.24, 2.45) is 5.92 Å². The molecular weight excluding hydrogens is 1830 g/mol. The molecule has 8 aliphatic rings. The monoisotopic (exact) mass is 2010 g/mol. The number of nitrogens with zero attached hydrogens (tertiary/aromatic N) is 18. The van der Waals surface area contributed by atoms with Crippen LogP contribution in [0.2, 0.25) is 0 Å². The van der Waals surface area contributed by atoms with Gasteiger partial charge in [0.15, 0.2) is 17.5 Å². The second kappa shape index (κ2) is 64.3. The van der Waals surface area contributed by atoms with E-state index in [4.69, 9.17) is 28.9 Å². The molecule has 38 nitrogen and oxygen atoms in total. The Morgan fingerprint density at radius 2 is 0.808 bits per heavy atom. The molecule has 0 atom stereocenters. The SMILES string of the molecule is Cc1cc(NC2CCNCC2)nc(NCc2cc(CCCNCCCNC3CCCCC3)on2)n1.Cc1cc(NC2CCNCC2)nc(NCc2coc(CCCNCCCNC3CCCCC3)n2)n1.c1ccc2c(NC3CCNCC3)nc(NCc3nnn(CCCNCCCNC4CCCCC4)n3)nc2c1.c1ccc2c(NC3CCNCC3)nc(NCc3nnnn3CCCCCCCCC3CCCCC3)nc2c1. The van der Waals surface area contributed by atoms with Crippen LogP contribution in [0.25, 0.3) is 21.8 Å². The molecule has 8 aromatic heterocycles. The van der Waals surface area contributed by atoms with E-state index in [0.717, 1.165) is 324 Å². The minimum Gasteiger partial charge on any atom is -0.449 e. The molecule has 0 radical (unpaired) electrons. The van der Waals surface area contributed by atoms with Crippen LogP contribution in [-0.2, 0) is 52.1 Å². The molecule has 4 saturated carbocycles. The third-order valence-electron chi connectivity index (χ3n) is 29.5. The van der Waals surface area contributed by atoms with Crippen LogP contribution >= 0.6 is 0 Å². The topological polar surface area (TPSA) is 459 Å². The highest BCUT2D eigenvalue weighted by atomic mass is 16.5. The first kappa shape index (κ1) is 110. The number of tetrazole rings is 2. The summed E-state index contributed by atoms with van der Waals surface area (Å²) < 4.78 is 13.1. The average molecular weight is 2010 g/mol. The second-order valence-electron chi connectivity index (χ2n) is 41.6. The molecule has 146 heavy (non-hydrogen) atoms. The molecular formula is C108H176N36O2. The highest BCUT2D eigenvalue weighted by Gasteiger charge is 2.24. The third-order valence-corrected chi connectivity index (χ3v) is 29.5. The normalized spacial score (nSPS) is 17.3. The van der Waals surface area contributed by atoms with Gasteiger partial charge in [0.1, 0.15) is 41.0 Å². The van der Waals surface area contributed by atoms with Crippen LogP contribution in [0.4, 0.5) is 47.1 Å². The molecule has 800 valence electrons. The van der Waals surface area contributed by atoms with Gasteiger partial charge < -0.3 is 105 Å². The van der Waals surface area contributed by atoms with Crippen molar-refractivity contribution < 1.29 is 8.94 Å². The summed E-state index contributed by atoms with van der Waals surface area (Å²) in [7, 11) is 0. The van der Waals surface area contributed by atoms with Gasteiger partial charge in [0.05, 0.1) is 49.5 Å². The van der Waals surface area contributed by atoms with E-state index in [2.05, 4.69) is 169 Å². The summed E-state index contributed by atoms with van der Waals surface area (Å²) in [5.41, 5.74) is 5.48. The van der Waals surface area contributed by atoms with E-state index < -0.39 is 0 Å². The lowest BCUT2D eigenvalue weighted by Gasteiger charge is -2.25. The molecule has 2 aromatic carbocycles. The largest absolute Gasteiger partial charge is 0.449 e. The van der Waals surface area contributed by atoms with Gasteiger partial charge in [-0.2, -0.15) is 24.7 Å². The summed E-state index contributed by atoms with van der Waals surface area (Å²) in [6.07, 6.45) is 56.2. The zero-order chi connectivity index (χ0) is 99.9. The van der Waals surface area contributed by atoms with Crippen LogP contribution in [0.1, 0.15) is 309 Å². The van der Waals surface area contributed by atoms with Gasteiger partial charge >= 0.3 is 0 Å². The fourth-order valence-corrected chi connectivity index (χ4v) is 21.2. The molecule has 18 rings (SSSR count). The maximum absolute atomic E-state index is 5.67. The summed E-state index contributed by atoms with van der Waals surface area (Å²) in [6.45, 7) is 25.4. The number of rotatable bonds is 56. The zero-order valence-electron chi connectivity index (χ0n) is 88.1. The first-order chi connectivity index (χ1) is 72.2. The number of aryl methyl sites for hydroxylation is 6. The quantitative estimate of drug-likeness (QED) is 0.0157. The fraction of sp³-hybridized carbons (Fsp3) is 0.704. The van der Waals surface area contributed by atoms with E-state index in [0.29, 0.717) is 80.0 Å².